The van der Waals surface area contributed by atoms with Gasteiger partial charge >= 0.3 is 0 Å². The molecule has 5 aromatic rings. The lowest BCUT2D eigenvalue weighted by atomic mass is 10.1. The number of H-pyrrole nitrogens is 1. The Bertz CT molecular complexity index is 1440. The first-order valence-electron chi connectivity index (χ1n) is 11.1. The average Bonchev–Trinajstić information content (AvgIpc) is 3.57. The number of anilines is 2. The Morgan fingerprint density at radius 1 is 1.06 bits per heavy atom. The maximum atomic E-state index is 13.2. The number of carbonyl (C=O) groups is 1. The van der Waals surface area contributed by atoms with Crippen molar-refractivity contribution in [2.45, 2.75) is 12.6 Å². The van der Waals surface area contributed by atoms with Gasteiger partial charge in [0, 0.05) is 36.7 Å². The summed E-state index contributed by atoms with van der Waals surface area (Å²) in [5, 5.41) is 8.20. The number of aromatic nitrogens is 4. The van der Waals surface area contributed by atoms with Crippen molar-refractivity contribution in [1.82, 2.24) is 19.7 Å². The molecule has 0 spiro atoms. The third-order valence-electron chi connectivity index (χ3n) is 5.95. The number of fused-ring (bicyclic) bond motifs is 2. The van der Waals surface area contributed by atoms with E-state index in [0.717, 1.165) is 27.8 Å². The second kappa shape index (κ2) is 8.40. The van der Waals surface area contributed by atoms with Gasteiger partial charge in [-0.15, -0.1) is 0 Å². The van der Waals surface area contributed by atoms with Crippen molar-refractivity contribution >= 4 is 28.3 Å². The number of amides is 1. The first kappa shape index (κ1) is 20.0. The number of carbonyl (C=O) groups excluding carboxylic acids is 1. The van der Waals surface area contributed by atoms with Crippen molar-refractivity contribution in [2.75, 3.05) is 16.8 Å². The molecule has 1 atom stereocenters. The molecule has 0 fully saturated rings. The monoisotopic (exact) mass is 450 g/mol. The zero-order chi connectivity index (χ0) is 22.9. The fourth-order valence-corrected chi connectivity index (χ4v) is 4.26. The normalized spacial score (nSPS) is 15.1. The highest BCUT2D eigenvalue weighted by Gasteiger charge is 2.31. The Balaban J connectivity index is 1.23. The number of nitrogens with one attached hydrogen (secondary N) is 2. The first-order chi connectivity index (χ1) is 16.7. The molecule has 3 aromatic heterocycles. The van der Waals surface area contributed by atoms with Crippen LogP contribution in [0, 0.1) is 0 Å². The van der Waals surface area contributed by atoms with Gasteiger partial charge < -0.3 is 19.9 Å². The molecule has 0 bridgehead atoms. The van der Waals surface area contributed by atoms with E-state index < -0.39 is 6.10 Å². The van der Waals surface area contributed by atoms with Crippen molar-refractivity contribution in [3.8, 4) is 11.4 Å². The van der Waals surface area contributed by atoms with E-state index >= 15 is 0 Å². The Labute approximate surface area is 195 Å². The summed E-state index contributed by atoms with van der Waals surface area (Å²) in [6, 6.07) is 21.8. The number of aromatic amines is 1. The third kappa shape index (κ3) is 3.75. The lowest BCUT2D eigenvalue weighted by Gasteiger charge is -2.35. The standard InChI is InChI=1S/C26H22N6O2/c33-26(30-25-24-19(10-13-27-24)11-14-28-25)23-17-31(21-4-1-2-5-22(21)34-23)16-18-6-8-20(9-7-18)32-15-3-12-29-32/h1-15,23,27H,16-17H2,(H,28,30,33). The second-order valence-corrected chi connectivity index (χ2v) is 8.16. The highest BCUT2D eigenvalue weighted by atomic mass is 16.5. The number of rotatable bonds is 5. The maximum Gasteiger partial charge on any atom is 0.268 e. The maximum absolute atomic E-state index is 13.2. The van der Waals surface area contributed by atoms with Gasteiger partial charge in [0.25, 0.3) is 5.91 Å². The van der Waals surface area contributed by atoms with E-state index in [2.05, 4.69) is 37.4 Å². The Hall–Kier alpha value is -4.59. The number of pyridine rings is 1. The summed E-state index contributed by atoms with van der Waals surface area (Å²) >= 11 is 0. The number of hydrogen-bond donors (Lipinski definition) is 2. The van der Waals surface area contributed by atoms with E-state index in [1.54, 1.807) is 12.4 Å². The van der Waals surface area contributed by atoms with Crippen LogP contribution in [-0.4, -0.2) is 38.3 Å². The van der Waals surface area contributed by atoms with Gasteiger partial charge in [0.15, 0.2) is 11.9 Å². The number of nitrogens with zero attached hydrogens (tertiary/aromatic N) is 4. The molecule has 0 saturated heterocycles. The minimum absolute atomic E-state index is 0.233. The molecule has 0 radical (unpaired) electrons. The van der Waals surface area contributed by atoms with Crippen molar-refractivity contribution in [2.24, 2.45) is 0 Å². The van der Waals surface area contributed by atoms with Crippen molar-refractivity contribution in [3.63, 3.8) is 0 Å². The van der Waals surface area contributed by atoms with Crippen LogP contribution in [0.4, 0.5) is 11.5 Å². The molecule has 1 amide bonds. The largest absolute Gasteiger partial charge is 0.477 e. The average molecular weight is 451 g/mol. The fourth-order valence-electron chi connectivity index (χ4n) is 4.26. The van der Waals surface area contributed by atoms with Gasteiger partial charge in [-0.2, -0.15) is 5.10 Å². The minimum atomic E-state index is -0.676. The van der Waals surface area contributed by atoms with Crippen LogP contribution in [0.3, 0.4) is 0 Å². The van der Waals surface area contributed by atoms with Crippen molar-refractivity contribution in [1.29, 1.82) is 0 Å². The zero-order valence-electron chi connectivity index (χ0n) is 18.3. The van der Waals surface area contributed by atoms with Crippen molar-refractivity contribution in [3.05, 3.63) is 97.1 Å². The number of para-hydroxylation sites is 2. The fraction of sp³-hybridized carbons (Fsp3) is 0.115. The van der Waals surface area contributed by atoms with Crippen LogP contribution in [0.25, 0.3) is 16.6 Å². The van der Waals surface area contributed by atoms with E-state index in [0.29, 0.717) is 24.7 Å². The summed E-state index contributed by atoms with van der Waals surface area (Å²) in [4.78, 5) is 22.8. The highest BCUT2D eigenvalue weighted by Crippen LogP contribution is 2.34. The predicted molar refractivity (Wildman–Crippen MR) is 130 cm³/mol. The summed E-state index contributed by atoms with van der Waals surface area (Å²) in [6.07, 6.45) is 6.51. The Kier molecular flexibility index (Phi) is 4.95. The lowest BCUT2D eigenvalue weighted by molar-refractivity contribution is -0.122. The van der Waals surface area contributed by atoms with Crippen molar-refractivity contribution < 1.29 is 9.53 Å². The van der Waals surface area contributed by atoms with Crippen LogP contribution in [0.15, 0.2) is 91.5 Å². The van der Waals surface area contributed by atoms with Crippen LogP contribution in [0.5, 0.6) is 5.75 Å². The molecule has 1 unspecified atom stereocenters. The summed E-state index contributed by atoms with van der Waals surface area (Å²) in [6.45, 7) is 1.07. The molecule has 6 rings (SSSR count). The summed E-state index contributed by atoms with van der Waals surface area (Å²) in [5.41, 5.74) is 3.89. The topological polar surface area (TPSA) is 88.1 Å². The van der Waals surface area contributed by atoms with Gasteiger partial charge in [-0.05, 0) is 48.0 Å². The smallest absolute Gasteiger partial charge is 0.268 e. The molecule has 34 heavy (non-hydrogen) atoms. The minimum Gasteiger partial charge on any atom is -0.477 e. The molecular weight excluding hydrogens is 428 g/mol. The van der Waals surface area contributed by atoms with Crippen LogP contribution in [0.1, 0.15) is 5.56 Å². The van der Waals surface area contributed by atoms with Gasteiger partial charge in [-0.25, -0.2) is 9.67 Å². The molecule has 2 aromatic carbocycles. The lowest BCUT2D eigenvalue weighted by Crippen LogP contribution is -2.46. The summed E-state index contributed by atoms with van der Waals surface area (Å²) < 4.78 is 7.92. The Morgan fingerprint density at radius 3 is 2.79 bits per heavy atom. The van der Waals surface area contributed by atoms with Crippen LogP contribution in [-0.2, 0) is 11.3 Å². The molecule has 1 aliphatic rings. The van der Waals surface area contributed by atoms with Crippen LogP contribution >= 0.6 is 0 Å². The van der Waals surface area contributed by atoms with Gasteiger partial charge in [-0.3, -0.25) is 4.79 Å². The highest BCUT2D eigenvalue weighted by molar-refractivity contribution is 6.01. The second-order valence-electron chi connectivity index (χ2n) is 8.16. The molecule has 168 valence electrons. The molecule has 2 N–H and O–H groups in total. The summed E-state index contributed by atoms with van der Waals surface area (Å²) in [5.74, 6) is 0.951. The number of ether oxygens (including phenoxy) is 1. The third-order valence-corrected chi connectivity index (χ3v) is 5.95. The first-order valence-corrected chi connectivity index (χ1v) is 11.1. The Morgan fingerprint density at radius 2 is 1.94 bits per heavy atom. The molecule has 8 heteroatoms. The van der Waals surface area contributed by atoms with Gasteiger partial charge in [0.05, 0.1) is 23.4 Å². The molecule has 1 aliphatic heterocycles. The molecule has 0 saturated carbocycles. The SMILES string of the molecule is O=C(Nc1nccc2cc[nH]c12)C1CN(Cc2ccc(-n3cccn3)cc2)c2ccccc2O1. The van der Waals surface area contributed by atoms with Crippen LogP contribution in [0.2, 0.25) is 0 Å². The zero-order valence-corrected chi connectivity index (χ0v) is 18.3. The van der Waals surface area contributed by atoms with Gasteiger partial charge in [-0.1, -0.05) is 24.3 Å². The van der Waals surface area contributed by atoms with Gasteiger partial charge in [0.2, 0.25) is 0 Å². The van der Waals surface area contributed by atoms with E-state index in [1.165, 1.54) is 0 Å². The number of benzene rings is 2. The van der Waals surface area contributed by atoms with E-state index in [-0.39, 0.29) is 5.91 Å². The molecule has 8 nitrogen and oxygen atoms in total. The quantitative estimate of drug-likeness (QED) is 0.420. The predicted octanol–water partition coefficient (Wildman–Crippen LogP) is 4.15. The van der Waals surface area contributed by atoms with Crippen LogP contribution < -0.4 is 15.0 Å². The van der Waals surface area contributed by atoms with E-state index in [4.69, 9.17) is 4.74 Å². The van der Waals surface area contributed by atoms with Gasteiger partial charge in [0.1, 0.15) is 5.75 Å². The van der Waals surface area contributed by atoms with E-state index in [9.17, 15) is 4.79 Å². The molecule has 4 heterocycles. The summed E-state index contributed by atoms with van der Waals surface area (Å²) in [7, 11) is 0. The number of hydrogen-bond acceptors (Lipinski definition) is 5. The van der Waals surface area contributed by atoms with E-state index in [1.807, 2.05) is 71.7 Å². The molecular formula is C26H22N6O2. The molecule has 0 aliphatic carbocycles.